The quantitative estimate of drug-likeness (QED) is 0.201. The van der Waals surface area contributed by atoms with Crippen molar-refractivity contribution in [3.63, 3.8) is 0 Å². The molecule has 37 heavy (non-hydrogen) atoms. The topological polar surface area (TPSA) is 78.9 Å². The summed E-state index contributed by atoms with van der Waals surface area (Å²) in [6.07, 6.45) is 0.0281. The molecule has 0 N–H and O–H groups in total. The van der Waals surface area contributed by atoms with Crippen LogP contribution in [0.4, 0.5) is 0 Å². The fourth-order valence-corrected chi connectivity index (χ4v) is 8.24. The number of rotatable bonds is 12. The molecule has 2 rings (SSSR count). The zero-order valence-electron chi connectivity index (χ0n) is 23.0. The van der Waals surface area contributed by atoms with Crippen LogP contribution >= 0.6 is 0 Å². The first-order chi connectivity index (χ1) is 17.4. The van der Waals surface area contributed by atoms with Crippen molar-refractivity contribution in [1.29, 1.82) is 0 Å². The monoisotopic (exact) mass is 594 g/mol. The minimum atomic E-state index is -1.70. The van der Waals surface area contributed by atoms with Gasteiger partial charge >= 0.3 is 230 Å². The van der Waals surface area contributed by atoms with Crippen LogP contribution in [0.15, 0.2) is 70.0 Å². The molecule has 0 bridgehead atoms. The molecule has 2 aromatic rings. The van der Waals surface area contributed by atoms with Gasteiger partial charge in [0.2, 0.25) is 0 Å². The first-order valence-corrected chi connectivity index (χ1v) is 15.0. The number of aryl methyl sites for hydroxylation is 1. The van der Waals surface area contributed by atoms with Gasteiger partial charge in [-0.3, -0.25) is 0 Å². The van der Waals surface area contributed by atoms with Crippen molar-refractivity contribution >= 4 is 42.2 Å². The van der Waals surface area contributed by atoms with Crippen LogP contribution in [0.2, 0.25) is 4.82 Å². The van der Waals surface area contributed by atoms with E-state index in [2.05, 4.69) is 0 Å². The summed E-state index contributed by atoms with van der Waals surface area (Å²) in [7, 11) is 2.57. The second-order valence-electron chi connectivity index (χ2n) is 9.68. The van der Waals surface area contributed by atoms with Crippen LogP contribution in [0.5, 0.6) is 0 Å². The number of benzene rings is 2. The molecule has 2 unspecified atom stereocenters. The third-order valence-electron chi connectivity index (χ3n) is 6.49. The predicted molar refractivity (Wildman–Crippen MR) is 148 cm³/mol. The summed E-state index contributed by atoms with van der Waals surface area (Å²) in [5.41, 5.74) is -0.546. The maximum atomic E-state index is 13.8. The fraction of sp³-hybridized carbons (Fsp3) is 0.448. The van der Waals surface area contributed by atoms with Crippen LogP contribution in [-0.4, -0.2) is 58.0 Å². The molecule has 202 valence electrons. The van der Waals surface area contributed by atoms with Crippen LogP contribution in [0.3, 0.4) is 0 Å². The van der Waals surface area contributed by atoms with E-state index in [-0.39, 0.29) is 32.6 Å². The normalized spacial score (nSPS) is 13.4. The number of ether oxygens (including phenoxy) is 3. The van der Waals surface area contributed by atoms with E-state index in [1.807, 2.05) is 89.2 Å². The van der Waals surface area contributed by atoms with E-state index in [0.29, 0.717) is 9.80 Å². The third-order valence-corrected chi connectivity index (χ3v) is 11.5. The van der Waals surface area contributed by atoms with Gasteiger partial charge in [0.25, 0.3) is 0 Å². The van der Waals surface area contributed by atoms with E-state index in [0.717, 1.165) is 15.6 Å². The van der Waals surface area contributed by atoms with Crippen LogP contribution in [-0.2, 0) is 34.6 Å². The van der Waals surface area contributed by atoms with Gasteiger partial charge in [-0.05, 0) is 0 Å². The van der Waals surface area contributed by atoms with Gasteiger partial charge in [-0.1, -0.05) is 0 Å². The number of allylic oxidation sites excluding steroid dienone is 2. The average molecular weight is 594 g/mol. The Morgan fingerprint density at radius 2 is 1.46 bits per heavy atom. The SMILES string of the molecule is COC(=O)C(CC(=C(C)C)S(=O)c1ccc(C)cc1)(CC([Se]c1ccccc1)C(C)(C)OC)C(=O)OC. The molecule has 0 spiro atoms. The molecule has 0 aromatic heterocycles. The molecule has 0 aliphatic carbocycles. The van der Waals surface area contributed by atoms with E-state index in [9.17, 15) is 13.8 Å². The number of hydrogen-bond acceptors (Lipinski definition) is 6. The second kappa shape index (κ2) is 13.5. The molecule has 0 fully saturated rings. The standard InChI is InChI=1S/C29H38O6SSe/c1-20(2)24(36(32)22-16-14-21(3)15-17-22)18-29(26(30)33-6,27(31)34-7)19-25(28(4,5)35-8)37-23-12-10-9-11-13-23/h9-17,25H,18-19H2,1-8H3. The molecular formula is C29H38O6SSe. The summed E-state index contributed by atoms with van der Waals surface area (Å²) in [5, 5.41) is 0. The summed E-state index contributed by atoms with van der Waals surface area (Å²) < 4.78 is 31.2. The summed E-state index contributed by atoms with van der Waals surface area (Å²) in [5.74, 6) is -1.42. The van der Waals surface area contributed by atoms with Gasteiger partial charge in [0.05, 0.1) is 0 Å². The Bertz CT molecular complexity index is 1100. The van der Waals surface area contributed by atoms with Crippen molar-refractivity contribution in [3.8, 4) is 0 Å². The van der Waals surface area contributed by atoms with Crippen LogP contribution < -0.4 is 4.46 Å². The summed E-state index contributed by atoms with van der Waals surface area (Å²) in [6, 6.07) is 17.3. The predicted octanol–water partition coefficient (Wildman–Crippen LogP) is 4.75. The van der Waals surface area contributed by atoms with Crippen LogP contribution in [0.1, 0.15) is 46.1 Å². The van der Waals surface area contributed by atoms with E-state index >= 15 is 0 Å². The Morgan fingerprint density at radius 1 is 0.919 bits per heavy atom. The fourth-order valence-electron chi connectivity index (χ4n) is 3.90. The maximum absolute atomic E-state index is 13.8. The number of hydrogen-bond donors (Lipinski definition) is 0. The van der Waals surface area contributed by atoms with Gasteiger partial charge in [0, 0.05) is 0 Å². The van der Waals surface area contributed by atoms with Crippen molar-refractivity contribution in [1.82, 2.24) is 0 Å². The summed E-state index contributed by atoms with van der Waals surface area (Å²) in [6.45, 7) is 9.54. The number of carbonyl (C=O) groups is 2. The Hall–Kier alpha value is -2.25. The number of carbonyl (C=O) groups excluding carboxylic acids is 2. The zero-order valence-corrected chi connectivity index (χ0v) is 25.5. The van der Waals surface area contributed by atoms with Crippen molar-refractivity contribution in [2.24, 2.45) is 5.41 Å². The number of methoxy groups -OCH3 is 3. The molecule has 0 radical (unpaired) electrons. The Kier molecular flexibility index (Phi) is 11.3. The van der Waals surface area contributed by atoms with Crippen molar-refractivity contribution in [3.05, 3.63) is 70.6 Å². The van der Waals surface area contributed by atoms with Gasteiger partial charge in [0.1, 0.15) is 0 Å². The molecule has 0 saturated heterocycles. The molecular weight excluding hydrogens is 555 g/mol. The Balaban J connectivity index is 2.65. The molecule has 2 atom stereocenters. The van der Waals surface area contributed by atoms with Crippen LogP contribution in [0.25, 0.3) is 0 Å². The van der Waals surface area contributed by atoms with Gasteiger partial charge in [-0.2, -0.15) is 0 Å². The molecule has 0 saturated carbocycles. The first-order valence-electron chi connectivity index (χ1n) is 12.0. The van der Waals surface area contributed by atoms with Crippen molar-refractivity contribution in [2.75, 3.05) is 21.3 Å². The van der Waals surface area contributed by atoms with Crippen molar-refractivity contribution < 1.29 is 28.0 Å². The molecule has 0 aliphatic rings. The molecule has 8 heteroatoms. The molecule has 0 aliphatic heterocycles. The molecule has 2 aromatic carbocycles. The molecule has 6 nitrogen and oxygen atoms in total. The summed E-state index contributed by atoms with van der Waals surface area (Å²) in [4.78, 5) is 27.9. The van der Waals surface area contributed by atoms with Crippen molar-refractivity contribution in [2.45, 2.75) is 62.8 Å². The zero-order chi connectivity index (χ0) is 27.8. The average Bonchev–Trinajstić information content (AvgIpc) is 2.89. The van der Waals surface area contributed by atoms with E-state index in [1.54, 1.807) is 7.11 Å². The number of esters is 2. The second-order valence-corrected chi connectivity index (χ2v) is 13.9. The van der Waals surface area contributed by atoms with Gasteiger partial charge in [-0.25, -0.2) is 0 Å². The Morgan fingerprint density at radius 3 is 1.92 bits per heavy atom. The molecule has 0 amide bonds. The van der Waals surface area contributed by atoms with Gasteiger partial charge in [-0.15, -0.1) is 0 Å². The van der Waals surface area contributed by atoms with E-state index in [4.69, 9.17) is 14.2 Å². The van der Waals surface area contributed by atoms with Gasteiger partial charge in [0.15, 0.2) is 0 Å². The Labute approximate surface area is 229 Å². The molecule has 0 heterocycles. The third kappa shape index (κ3) is 7.64. The van der Waals surface area contributed by atoms with Gasteiger partial charge < -0.3 is 0 Å². The minimum absolute atomic E-state index is 0.0870. The van der Waals surface area contributed by atoms with Crippen LogP contribution in [0, 0.1) is 12.3 Å². The first kappa shape index (κ1) is 31.0. The van der Waals surface area contributed by atoms with E-state index < -0.39 is 33.8 Å². The van der Waals surface area contributed by atoms with E-state index in [1.165, 1.54) is 14.2 Å². The summed E-state index contributed by atoms with van der Waals surface area (Å²) >= 11 is -0.157.